The van der Waals surface area contributed by atoms with Crippen LogP contribution >= 0.6 is 31.0 Å². The number of ketones is 1. The normalized spacial score (nSPS) is 11.9. The molecule has 46 heavy (non-hydrogen) atoms. The zero-order valence-corrected chi connectivity index (χ0v) is 28.7. The van der Waals surface area contributed by atoms with Gasteiger partial charge in [0.15, 0.2) is 0 Å². The molecule has 0 aliphatic rings. The van der Waals surface area contributed by atoms with Crippen LogP contribution < -0.4 is 21.0 Å². The van der Waals surface area contributed by atoms with Gasteiger partial charge >= 0.3 is 0 Å². The lowest BCUT2D eigenvalue weighted by molar-refractivity contribution is 0.104. The van der Waals surface area contributed by atoms with E-state index in [1.807, 2.05) is 12.1 Å². The molecule has 6 nitrogen and oxygen atoms in total. The van der Waals surface area contributed by atoms with Crippen molar-refractivity contribution in [1.82, 2.24) is 15.1 Å². The summed E-state index contributed by atoms with van der Waals surface area (Å²) in [5.41, 5.74) is 3.97. The van der Waals surface area contributed by atoms with Gasteiger partial charge in [0.05, 0.1) is 10.4 Å². The lowest BCUT2D eigenvalue weighted by atomic mass is 9.97. The predicted molar refractivity (Wildman–Crippen MR) is 194 cm³/mol. The second-order valence-corrected chi connectivity index (χ2v) is 14.9. The molecule has 238 valence electrons. The van der Waals surface area contributed by atoms with E-state index in [0.717, 1.165) is 41.8 Å². The van der Waals surface area contributed by atoms with E-state index in [-0.39, 0.29) is 18.3 Å². The third kappa shape index (κ3) is 8.87. The number of benzene rings is 3. The minimum absolute atomic E-state index is 0.0950. The van der Waals surface area contributed by atoms with Gasteiger partial charge in [0.1, 0.15) is 12.1 Å². The molecule has 3 N–H and O–H groups in total. The van der Waals surface area contributed by atoms with Crippen molar-refractivity contribution < 1.29 is 9.90 Å². The lowest BCUT2D eigenvalue weighted by Gasteiger charge is -2.20. The number of anilines is 1. The topological polar surface area (TPSA) is 87.1 Å². The van der Waals surface area contributed by atoms with Crippen LogP contribution in [0.5, 0.6) is 0 Å². The number of halogens is 1. The Morgan fingerprint density at radius 1 is 0.957 bits per heavy atom. The van der Waals surface area contributed by atoms with E-state index in [9.17, 15) is 9.90 Å². The van der Waals surface area contributed by atoms with Gasteiger partial charge in [-0.15, -0.1) is 11.3 Å². The average molecular weight is 671 g/mol. The van der Waals surface area contributed by atoms with Crippen LogP contribution in [0, 0.1) is 12.8 Å². The van der Waals surface area contributed by atoms with E-state index in [1.54, 1.807) is 6.20 Å². The highest BCUT2D eigenvalue weighted by Crippen LogP contribution is 2.31. The lowest BCUT2D eigenvalue weighted by Crippen LogP contribution is -2.25. The molecular formula is C37H40ClN4O2PS. The van der Waals surface area contributed by atoms with Crippen molar-refractivity contribution in [2.75, 3.05) is 25.0 Å². The molecule has 9 heteroatoms. The molecule has 1 unspecified atom stereocenters. The number of aryl methyl sites for hydroxylation is 1. The Kier molecular flexibility index (Phi) is 12.5. The SMILES string of the molecule is CCC(CO)CCNc1ncncc1C(=O)c1cc(Cc2cc(Cl)ccc2CCNP(c2ccccc2)c2ccccc2)c(C)s1. The number of hydrogen-bond acceptors (Lipinski definition) is 7. The summed E-state index contributed by atoms with van der Waals surface area (Å²) in [5.74, 6) is 0.650. The van der Waals surface area contributed by atoms with Crippen LogP contribution in [0.2, 0.25) is 5.02 Å². The molecule has 0 saturated carbocycles. The van der Waals surface area contributed by atoms with Gasteiger partial charge < -0.3 is 10.4 Å². The van der Waals surface area contributed by atoms with Crippen LogP contribution in [0.15, 0.2) is 97.5 Å². The van der Waals surface area contributed by atoms with Gasteiger partial charge in [-0.1, -0.05) is 91.7 Å². The molecule has 0 bridgehead atoms. The van der Waals surface area contributed by atoms with Crippen molar-refractivity contribution in [2.45, 2.75) is 39.5 Å². The van der Waals surface area contributed by atoms with Crippen molar-refractivity contribution in [1.29, 1.82) is 0 Å². The fraction of sp³-hybridized carbons (Fsp3) is 0.270. The maximum atomic E-state index is 13.7. The Morgan fingerprint density at radius 2 is 1.67 bits per heavy atom. The van der Waals surface area contributed by atoms with E-state index in [0.29, 0.717) is 34.2 Å². The summed E-state index contributed by atoms with van der Waals surface area (Å²) in [4.78, 5) is 23.9. The highest BCUT2D eigenvalue weighted by Gasteiger charge is 2.20. The molecule has 0 aliphatic heterocycles. The van der Waals surface area contributed by atoms with Gasteiger partial charge in [0.25, 0.3) is 0 Å². The van der Waals surface area contributed by atoms with Gasteiger partial charge in [-0.3, -0.25) is 9.88 Å². The molecule has 0 fully saturated rings. The van der Waals surface area contributed by atoms with Gasteiger partial charge in [0.2, 0.25) is 5.78 Å². The number of hydrogen-bond donors (Lipinski definition) is 3. The number of thiophene rings is 1. The molecule has 5 aromatic rings. The highest BCUT2D eigenvalue weighted by atomic mass is 35.5. The second-order valence-electron chi connectivity index (χ2n) is 11.2. The predicted octanol–water partition coefficient (Wildman–Crippen LogP) is 7.32. The summed E-state index contributed by atoms with van der Waals surface area (Å²) in [6.07, 6.45) is 6.27. The summed E-state index contributed by atoms with van der Waals surface area (Å²) in [5, 5.41) is 19.9. The molecule has 0 amide bonds. The van der Waals surface area contributed by atoms with Gasteiger partial charge in [-0.25, -0.2) is 9.97 Å². The zero-order chi connectivity index (χ0) is 32.3. The fourth-order valence-corrected chi connectivity index (χ4v) is 8.52. The molecule has 0 spiro atoms. The van der Waals surface area contributed by atoms with E-state index < -0.39 is 8.07 Å². The Balaban J connectivity index is 1.29. The minimum atomic E-state index is -0.693. The third-order valence-corrected chi connectivity index (χ3v) is 11.6. The average Bonchev–Trinajstić information content (AvgIpc) is 3.46. The smallest absolute Gasteiger partial charge is 0.208 e. The van der Waals surface area contributed by atoms with Crippen molar-refractivity contribution in [3.8, 4) is 0 Å². The number of aromatic nitrogens is 2. The molecular weight excluding hydrogens is 631 g/mol. The summed E-state index contributed by atoms with van der Waals surface area (Å²) >= 11 is 8.00. The number of aliphatic hydroxyl groups is 1. The van der Waals surface area contributed by atoms with E-state index in [4.69, 9.17) is 11.6 Å². The summed E-state index contributed by atoms with van der Waals surface area (Å²) in [7, 11) is -0.693. The Labute approximate surface area is 282 Å². The first-order valence-electron chi connectivity index (χ1n) is 15.7. The van der Waals surface area contributed by atoms with Gasteiger partial charge in [0, 0.05) is 43.9 Å². The van der Waals surface area contributed by atoms with Gasteiger partial charge in [-0.05, 0) is 77.6 Å². The van der Waals surface area contributed by atoms with Crippen LogP contribution in [-0.4, -0.2) is 40.6 Å². The summed E-state index contributed by atoms with van der Waals surface area (Å²) < 4.78 is 0. The molecule has 0 radical (unpaired) electrons. The van der Waals surface area contributed by atoms with Crippen LogP contribution in [0.1, 0.15) is 56.6 Å². The Morgan fingerprint density at radius 3 is 2.35 bits per heavy atom. The van der Waals surface area contributed by atoms with Crippen molar-refractivity contribution >= 4 is 53.2 Å². The maximum Gasteiger partial charge on any atom is 0.208 e. The quantitative estimate of drug-likeness (QED) is 0.0754. The second kappa shape index (κ2) is 16.9. The number of rotatable bonds is 16. The van der Waals surface area contributed by atoms with E-state index >= 15 is 0 Å². The maximum absolute atomic E-state index is 13.7. The number of carbonyl (C=O) groups is 1. The molecule has 2 aromatic heterocycles. The first-order valence-corrected chi connectivity index (χ1v) is 18.2. The van der Waals surface area contributed by atoms with Crippen LogP contribution in [0.25, 0.3) is 0 Å². The van der Waals surface area contributed by atoms with Crippen LogP contribution in [0.4, 0.5) is 5.82 Å². The fourth-order valence-electron chi connectivity index (χ4n) is 5.39. The van der Waals surface area contributed by atoms with Crippen molar-refractivity contribution in [3.63, 3.8) is 0 Å². The van der Waals surface area contributed by atoms with Gasteiger partial charge in [-0.2, -0.15) is 0 Å². The highest BCUT2D eigenvalue weighted by molar-refractivity contribution is 7.71. The van der Waals surface area contributed by atoms with Crippen molar-refractivity contribution in [2.24, 2.45) is 5.92 Å². The largest absolute Gasteiger partial charge is 0.396 e. The van der Waals surface area contributed by atoms with Crippen LogP contribution in [0.3, 0.4) is 0 Å². The first-order chi connectivity index (χ1) is 22.5. The number of nitrogens with one attached hydrogen (secondary N) is 2. The molecule has 5 rings (SSSR count). The third-order valence-electron chi connectivity index (χ3n) is 8.12. The van der Waals surface area contributed by atoms with Crippen LogP contribution in [-0.2, 0) is 12.8 Å². The van der Waals surface area contributed by atoms with E-state index in [2.05, 4.69) is 107 Å². The molecule has 1 atom stereocenters. The zero-order valence-electron chi connectivity index (χ0n) is 26.2. The Bertz CT molecular complexity index is 1670. The number of carbonyl (C=O) groups excluding carboxylic acids is 1. The summed E-state index contributed by atoms with van der Waals surface area (Å²) in [6, 6.07) is 29.4. The molecule has 0 aliphatic carbocycles. The number of nitrogens with zero attached hydrogens (tertiary/aromatic N) is 2. The molecule has 2 heterocycles. The first kappa shape index (κ1) is 33.9. The molecule has 0 saturated heterocycles. The Hall–Kier alpha value is -3.45. The standard InChI is InChI=1S/C37H40ClN4O2PS/c1-3-27(24-43)16-18-40-37-34(23-39-25-41-37)36(44)35-22-29(26(2)46-35)20-30-21-31(38)15-14-28(30)17-19-42-45(32-10-6-4-7-11-32)33-12-8-5-9-13-33/h4-15,21-23,25,27,42-43H,3,16-20,24H2,1-2H3,(H,39,40,41). The van der Waals surface area contributed by atoms with E-state index in [1.165, 1.54) is 33.8 Å². The number of aliphatic hydroxyl groups excluding tert-OH is 1. The molecule has 3 aromatic carbocycles. The minimum Gasteiger partial charge on any atom is -0.396 e. The monoisotopic (exact) mass is 670 g/mol. The van der Waals surface area contributed by atoms with Crippen molar-refractivity contribution in [3.05, 3.63) is 134 Å². The summed E-state index contributed by atoms with van der Waals surface area (Å²) in [6.45, 7) is 5.72.